The van der Waals surface area contributed by atoms with Crippen LogP contribution in [-0.2, 0) is 70.8 Å². The Balaban J connectivity index is 0.000000814. The molecule has 2 unspecified atom stereocenters. The van der Waals surface area contributed by atoms with Crippen LogP contribution in [0.25, 0.3) is 0 Å². The zero-order valence-electron chi connectivity index (χ0n) is 103. The number of hydrogen-bond donors (Lipinski definition) is 0. The fraction of sp³-hybridized carbons (Fsp3) is 0.709. The van der Waals surface area contributed by atoms with E-state index < -0.39 is 133 Å². The summed E-state index contributed by atoms with van der Waals surface area (Å²) in [6, 6.07) is 14.2. The van der Waals surface area contributed by atoms with Gasteiger partial charge in [-0.25, -0.2) is 0 Å². The summed E-state index contributed by atoms with van der Waals surface area (Å²) in [4.78, 5) is 0. The van der Waals surface area contributed by atoms with Crippen molar-refractivity contribution in [1.82, 2.24) is 0 Å². The summed E-state index contributed by atoms with van der Waals surface area (Å²) in [5.74, 6) is 17.5. The van der Waals surface area contributed by atoms with Gasteiger partial charge in [0.15, 0.2) is 0 Å². The van der Waals surface area contributed by atoms with Crippen LogP contribution < -0.4 is 0 Å². The zero-order valence-corrected chi connectivity index (χ0v) is 119. The predicted molar refractivity (Wildman–Crippen MR) is 659 cm³/mol. The summed E-state index contributed by atoms with van der Waals surface area (Å²) in [6.45, 7) is 129. The Bertz CT molecular complexity index is 4550. The van der Waals surface area contributed by atoms with Crippen molar-refractivity contribution < 1.29 is 70.8 Å². The Morgan fingerprint density at radius 1 is 0.239 bits per heavy atom. The molecule has 0 aromatic carbocycles. The molecule has 16 nitrogen and oxygen atoms in total. The monoisotopic (exact) mass is 2250 g/mol. The Hall–Kier alpha value is -3.89. The molecule has 0 saturated carbocycles. The Kier molecular flexibility index (Phi) is 54.1. The van der Waals surface area contributed by atoms with Crippen molar-refractivity contribution in [3.8, 4) is 0 Å². The summed E-state index contributed by atoms with van der Waals surface area (Å²) in [5, 5.41) is 0. The molecule has 2 atom stereocenters. The van der Waals surface area contributed by atoms with Gasteiger partial charge >= 0.3 is 0 Å². The van der Waals surface area contributed by atoms with Gasteiger partial charge in [-0.05, 0) is 410 Å². The zero-order chi connectivity index (χ0) is 111. The maximum absolute atomic E-state index is 6.70. The summed E-state index contributed by atoms with van der Waals surface area (Å²) >= 11 is 0. The van der Waals surface area contributed by atoms with E-state index in [1.54, 1.807) is 0 Å². The third kappa shape index (κ3) is 50.4. The van der Waals surface area contributed by atoms with Crippen molar-refractivity contribution in [3.05, 3.63) is 185 Å². The largest absolute Gasteiger partial charge is 0.544 e. The second kappa shape index (κ2) is 56.5. The van der Waals surface area contributed by atoms with Gasteiger partial charge in [-0.3, -0.25) is 0 Å². The summed E-state index contributed by atoms with van der Waals surface area (Å²) in [7, 11) is -25.0. The molecular weight excluding hydrogens is 2030 g/mol. The smallest absolute Gasteiger partial charge is 0.250 e. The molecule has 0 aromatic heterocycles. The van der Waals surface area contributed by atoms with Crippen molar-refractivity contribution in [2.45, 2.75) is 499 Å². The molecule has 0 bridgehead atoms. The van der Waals surface area contributed by atoms with Gasteiger partial charge < -0.3 is 70.8 Å². The molecule has 142 heavy (non-hydrogen) atoms. The van der Waals surface area contributed by atoms with Crippen LogP contribution in [0.3, 0.4) is 0 Å². The minimum absolute atomic E-state index is 0.355. The Labute approximate surface area is 892 Å². The summed E-state index contributed by atoms with van der Waals surface area (Å²) in [5.41, 5.74) is 10.4. The number of hydrogen-bond acceptors (Lipinski definition) is 16. The van der Waals surface area contributed by atoms with Crippen LogP contribution in [0.2, 0.25) is 308 Å². The molecule has 0 aliphatic heterocycles. The first-order chi connectivity index (χ1) is 64.2. The lowest BCUT2D eigenvalue weighted by atomic mass is 10.0. The lowest BCUT2D eigenvalue weighted by Gasteiger charge is -2.34. The fourth-order valence-electron chi connectivity index (χ4n) is 16.4. The van der Waals surface area contributed by atoms with Crippen LogP contribution in [0.4, 0.5) is 0 Å². The van der Waals surface area contributed by atoms with E-state index in [0.29, 0.717) is 11.8 Å². The van der Waals surface area contributed by atoms with Crippen molar-refractivity contribution in [1.29, 1.82) is 0 Å². The molecule has 820 valence electrons. The van der Waals surface area contributed by atoms with Crippen LogP contribution in [-0.4, -0.2) is 133 Å². The molecule has 0 heterocycles. The summed E-state index contributed by atoms with van der Waals surface area (Å²) < 4.78 is 100. The van der Waals surface area contributed by atoms with E-state index >= 15 is 0 Å². The molecule has 0 spiro atoms. The summed E-state index contributed by atoms with van der Waals surface area (Å²) in [6.07, 6.45) is 22.9. The van der Waals surface area contributed by atoms with E-state index in [9.17, 15) is 0 Å². The molecule has 0 aromatic rings. The highest BCUT2D eigenvalue weighted by molar-refractivity contribution is 6.77. The third-order valence-corrected chi connectivity index (χ3v) is 52.8. The first kappa shape index (κ1) is 136. The van der Waals surface area contributed by atoms with Gasteiger partial charge in [-0.2, -0.15) is 0 Å². The number of allylic oxidation sites excluding steroid dienone is 16. The minimum atomic E-state index is -1.64. The third-order valence-electron chi connectivity index (χ3n) is 24.6. The average Bonchev–Trinajstić information content (AvgIpc) is 1.64. The fourth-order valence-corrected chi connectivity index (χ4v) is 37.6. The molecule has 8 rings (SSSR count). The van der Waals surface area contributed by atoms with Gasteiger partial charge in [0.2, 0.25) is 116 Å². The van der Waals surface area contributed by atoms with Gasteiger partial charge in [0.1, 0.15) is 92.1 Å². The molecule has 0 radical (unpaired) electrons. The van der Waals surface area contributed by atoms with E-state index in [0.717, 1.165) is 131 Å². The average molecular weight is 2250 g/mol. The van der Waals surface area contributed by atoms with E-state index in [4.69, 9.17) is 70.8 Å². The minimum Gasteiger partial charge on any atom is -0.544 e. The van der Waals surface area contributed by atoms with Crippen LogP contribution in [0.15, 0.2) is 185 Å². The highest BCUT2D eigenvalue weighted by Crippen LogP contribution is 2.45. The van der Waals surface area contributed by atoms with Gasteiger partial charge in [-0.1, -0.05) is 144 Å². The normalized spacial score (nSPS) is 18.1. The topological polar surface area (TPSA) is 148 Å². The van der Waals surface area contributed by atoms with Crippen LogP contribution >= 0.6 is 0 Å². The van der Waals surface area contributed by atoms with Crippen molar-refractivity contribution in [3.63, 3.8) is 0 Å². The molecule has 8 aliphatic carbocycles. The molecule has 8 aliphatic rings. The SMILES string of the molecule is CC1=C(C)C(C)C(O[Si](C)(C)C)=C1O[Si](C)(C)C.CC1=C(C)C(O[Si](C)(C)C)=C(O[Si](C)(C)C)C1.CC1=CC(C)C(O[Si](C)(C)C)=C1O[Si](C)(C)C.CC1=CC(O[Si](C)(C)C)=C(O[Si](C)(C)C)C1.CC1=CCC(O[Si](C)(C)C)=C1O[Si](C)(C)C.CC[Si](CC)(CC)OC1=C(O[Si](CC)(CC)CC)C(C)=CC1.CC[Si](CC)(CC)OC1=C(O[Si](CC)(CC)CC)CC=C1.C[Si](C)(C)OC1=C(O[Si](C)(C)C)CC=C1. The van der Waals surface area contributed by atoms with Crippen LogP contribution in [0.1, 0.15) is 191 Å². The quantitative estimate of drug-likeness (QED) is 0.0532. The molecule has 0 N–H and O–H groups in total. The second-order valence-corrected chi connectivity index (χ2v) is 124. The van der Waals surface area contributed by atoms with Crippen molar-refractivity contribution in [2.24, 2.45) is 11.8 Å². The van der Waals surface area contributed by atoms with E-state index in [1.165, 1.54) is 117 Å². The molecule has 0 saturated heterocycles. The molecule has 0 fully saturated rings. The first-order valence-electron chi connectivity index (χ1n) is 54.5. The Morgan fingerprint density at radius 3 is 0.894 bits per heavy atom. The van der Waals surface area contributed by atoms with E-state index in [2.05, 4.69) is 431 Å². The maximum Gasteiger partial charge on any atom is 0.250 e. The maximum atomic E-state index is 6.70. The highest BCUT2D eigenvalue weighted by atomic mass is 28.4. The highest BCUT2D eigenvalue weighted by Gasteiger charge is 2.43. The lowest BCUT2D eigenvalue weighted by Crippen LogP contribution is -2.38. The van der Waals surface area contributed by atoms with Gasteiger partial charge in [0.25, 0.3) is 16.6 Å². The van der Waals surface area contributed by atoms with E-state index in [1.807, 2.05) is 6.08 Å². The Morgan fingerprint density at radius 2 is 0.521 bits per heavy atom. The molecule has 32 heteroatoms. The van der Waals surface area contributed by atoms with Crippen LogP contribution in [0, 0.1) is 11.8 Å². The van der Waals surface area contributed by atoms with Crippen LogP contribution in [0.5, 0.6) is 0 Å². The van der Waals surface area contributed by atoms with Crippen molar-refractivity contribution in [2.75, 3.05) is 0 Å². The van der Waals surface area contributed by atoms with Crippen molar-refractivity contribution >= 4 is 133 Å². The lowest BCUT2D eigenvalue weighted by molar-refractivity contribution is 0.327. The second-order valence-electron chi connectivity index (χ2n) is 51.8. The predicted octanol–water partition coefficient (Wildman–Crippen LogP) is 39.2. The first-order valence-corrected chi connectivity index (χ1v) is 106. The van der Waals surface area contributed by atoms with Gasteiger partial charge in [0.05, 0.1) is 0 Å². The molecule has 0 amide bonds. The van der Waals surface area contributed by atoms with E-state index in [-0.39, 0.29) is 0 Å². The standard InChI is InChI=1S/C18H36O2Si2.C17H34O2Si2.C14H28O2Si2.2C13H26O2Si2.2C12H24O2Si2.C11H22O2Si2/c1-8-21(9-2,10-3)19-17-15-14-16(7)18(17)20-22(11-4,12-5)13-6;1-7-20(8-2,9-3)18-16-14-13-15-17(16)19-21(10-4,11-5)12-6;1-10-11(2)13(15-17(4,5)6)14(12(10)3)16-18(7,8)9;1-10-9-12(14-16(3,4)5)13(11(10)2)15-17(6,7)8;1-10-9-11(2)13(15-17(6,7)8)12(10)14-16(3,4)5;1-10-8-11(13-15(2,3)4)12(9-10)14-16(5,6)7;1-10-8-9-11(13-15(2,3)4)12(10)14-16(5,6)7;1-14(2,3)12-10-8-7-9-11(10)13-15(4,5)6/h14H,8-13,15H2,1-7H3;13-14H,7-12,15H2,1-6H3;11H,1-9H3;9H2,1-8H3;9-10H,1-8H3;2*8H,9H2,1-7H3;7-8H,9H2,1-6H3. The van der Waals surface area contributed by atoms with Gasteiger partial charge in [-0.15, -0.1) is 0 Å². The van der Waals surface area contributed by atoms with Gasteiger partial charge in [0, 0.05) is 50.4 Å². The number of rotatable bonds is 44. The molecular formula is C110H220O16Si16.